The maximum absolute atomic E-state index is 14.8. The van der Waals surface area contributed by atoms with E-state index in [1.165, 1.54) is 81.8 Å². The van der Waals surface area contributed by atoms with Crippen LogP contribution in [0.5, 0.6) is 0 Å². The summed E-state index contributed by atoms with van der Waals surface area (Å²) in [4.78, 5) is 21.2. The Morgan fingerprint density at radius 1 is 0.837 bits per heavy atom. The summed E-state index contributed by atoms with van der Waals surface area (Å²) in [5, 5.41) is 6.18. The molecule has 0 radical (unpaired) electrons. The summed E-state index contributed by atoms with van der Waals surface area (Å²) >= 11 is 0. The van der Waals surface area contributed by atoms with E-state index >= 15 is 0 Å². The number of benzene rings is 2. The van der Waals surface area contributed by atoms with Gasteiger partial charge in [-0.15, -0.1) is 0 Å². The van der Waals surface area contributed by atoms with Crippen LogP contribution < -0.4 is 16.2 Å². The molecular weight excluding hydrogens is 532 g/mol. The van der Waals surface area contributed by atoms with Crippen LogP contribution in [0.2, 0.25) is 0 Å². The second-order valence-corrected chi connectivity index (χ2v) is 14.1. The molecule has 4 atom stereocenters. The second kappa shape index (κ2) is 14.2. The maximum atomic E-state index is 14.8. The summed E-state index contributed by atoms with van der Waals surface area (Å²) in [5.41, 5.74) is 9.07. The van der Waals surface area contributed by atoms with Gasteiger partial charge in [0.2, 0.25) is 5.91 Å². The highest BCUT2D eigenvalue weighted by atomic mass is 16.7. The quantitative estimate of drug-likeness (QED) is 0.326. The minimum atomic E-state index is -0.359. The second-order valence-electron chi connectivity index (χ2n) is 14.1. The first-order valence-corrected chi connectivity index (χ1v) is 17.4. The van der Waals surface area contributed by atoms with Gasteiger partial charge in [0.25, 0.3) is 0 Å². The molecular formula is C37H54N4O2. The van der Waals surface area contributed by atoms with Gasteiger partial charge in [0.15, 0.2) is 0 Å². The van der Waals surface area contributed by atoms with Crippen molar-refractivity contribution in [3.05, 3.63) is 71.8 Å². The van der Waals surface area contributed by atoms with Gasteiger partial charge in [-0.05, 0) is 49.7 Å². The van der Waals surface area contributed by atoms with Crippen molar-refractivity contribution in [2.75, 3.05) is 13.1 Å². The molecule has 0 bridgehead atoms. The normalized spacial score (nSPS) is 30.1. The Morgan fingerprint density at radius 3 is 2.07 bits per heavy atom. The third-order valence-electron chi connectivity index (χ3n) is 11.4. The standard InChI is InChI=1S/C37H54N4O2/c1-29(30-19-11-9-12-20-30)41-28-37(27-38-41,32-23-15-5-4-6-16-24-32)39-35(42)33-36(25-17-7-2-3-8-18-26-36)34(43-40-33)31-21-13-10-14-22-31/h9-14,19-22,29,32-34,38,40H,2-8,15-18,23-28H2,1H3,(H,39,42). The first-order chi connectivity index (χ1) is 21.1. The predicted octanol–water partition coefficient (Wildman–Crippen LogP) is 7.55. The Balaban J connectivity index is 1.29. The molecule has 2 aromatic rings. The van der Waals surface area contributed by atoms with Crippen molar-refractivity contribution in [3.8, 4) is 0 Å². The van der Waals surface area contributed by atoms with Gasteiger partial charge in [-0.1, -0.05) is 131 Å². The molecule has 0 aromatic heterocycles. The van der Waals surface area contributed by atoms with E-state index in [9.17, 15) is 4.79 Å². The van der Waals surface area contributed by atoms with E-state index in [0.29, 0.717) is 5.92 Å². The molecule has 2 aromatic carbocycles. The number of carbonyl (C=O) groups is 1. The molecule has 6 heteroatoms. The van der Waals surface area contributed by atoms with Gasteiger partial charge in [-0.25, -0.2) is 5.01 Å². The number of nitrogens with one attached hydrogen (secondary N) is 3. The third kappa shape index (κ3) is 6.73. The van der Waals surface area contributed by atoms with Crippen molar-refractivity contribution in [1.82, 2.24) is 21.2 Å². The van der Waals surface area contributed by atoms with Crippen LogP contribution in [-0.2, 0) is 9.63 Å². The van der Waals surface area contributed by atoms with Gasteiger partial charge in [0.1, 0.15) is 12.1 Å². The summed E-state index contributed by atoms with van der Waals surface area (Å²) < 4.78 is 0. The van der Waals surface area contributed by atoms with Crippen molar-refractivity contribution in [1.29, 1.82) is 0 Å². The molecule has 1 amide bonds. The minimum absolute atomic E-state index is 0.115. The van der Waals surface area contributed by atoms with Gasteiger partial charge in [0, 0.05) is 24.5 Å². The van der Waals surface area contributed by atoms with E-state index in [-0.39, 0.29) is 35.0 Å². The maximum Gasteiger partial charge on any atom is 0.240 e. The third-order valence-corrected chi connectivity index (χ3v) is 11.4. The molecule has 6 rings (SSSR count). The average Bonchev–Trinajstić information content (AvgIpc) is 3.64. The topological polar surface area (TPSA) is 65.6 Å². The summed E-state index contributed by atoms with van der Waals surface area (Å²) in [6, 6.07) is 21.3. The molecule has 2 aliphatic carbocycles. The first-order valence-electron chi connectivity index (χ1n) is 17.4. The highest BCUT2D eigenvalue weighted by molar-refractivity contribution is 5.84. The zero-order valence-corrected chi connectivity index (χ0v) is 26.4. The zero-order valence-electron chi connectivity index (χ0n) is 26.4. The van der Waals surface area contributed by atoms with E-state index in [1.54, 1.807) is 0 Å². The lowest BCUT2D eigenvalue weighted by Gasteiger charge is -2.42. The van der Waals surface area contributed by atoms with Crippen LogP contribution in [0.1, 0.15) is 127 Å². The molecule has 234 valence electrons. The highest BCUT2D eigenvalue weighted by Crippen LogP contribution is 2.52. The van der Waals surface area contributed by atoms with E-state index < -0.39 is 0 Å². The van der Waals surface area contributed by atoms with Crippen molar-refractivity contribution >= 4 is 5.91 Å². The lowest BCUT2D eigenvalue weighted by Crippen LogP contribution is -2.63. The molecule has 6 nitrogen and oxygen atoms in total. The number of hydrogen-bond acceptors (Lipinski definition) is 5. The predicted molar refractivity (Wildman–Crippen MR) is 173 cm³/mol. The number of hydrazine groups is 1. The fourth-order valence-electron chi connectivity index (χ4n) is 8.79. The van der Waals surface area contributed by atoms with Crippen LogP contribution in [-0.4, -0.2) is 35.6 Å². The fraction of sp³-hybridized carbons (Fsp3) is 0.649. The molecule has 2 aliphatic heterocycles. The first kappa shape index (κ1) is 30.8. The number of hydroxylamine groups is 1. The number of amides is 1. The molecule has 2 saturated heterocycles. The van der Waals surface area contributed by atoms with Crippen molar-refractivity contribution in [2.24, 2.45) is 11.3 Å². The molecule has 2 saturated carbocycles. The molecule has 4 fully saturated rings. The summed E-state index contributed by atoms with van der Waals surface area (Å²) in [5.74, 6) is 0.594. The van der Waals surface area contributed by atoms with Gasteiger partial charge in [-0.2, -0.15) is 5.48 Å². The van der Waals surface area contributed by atoms with Crippen molar-refractivity contribution in [3.63, 3.8) is 0 Å². The van der Waals surface area contributed by atoms with E-state index in [4.69, 9.17) is 4.84 Å². The lowest BCUT2D eigenvalue weighted by molar-refractivity contribution is -0.129. The number of carbonyl (C=O) groups excluding carboxylic acids is 1. The summed E-state index contributed by atoms with van der Waals surface area (Å²) in [6.07, 6.45) is 18.1. The van der Waals surface area contributed by atoms with E-state index in [2.05, 4.69) is 88.8 Å². The summed E-state index contributed by atoms with van der Waals surface area (Å²) in [6.45, 7) is 3.88. The Bertz CT molecular complexity index is 1140. The van der Waals surface area contributed by atoms with Crippen molar-refractivity contribution in [2.45, 2.75) is 127 Å². The average molecular weight is 587 g/mol. The Kier molecular flexibility index (Phi) is 10.2. The van der Waals surface area contributed by atoms with Crippen LogP contribution in [0.4, 0.5) is 0 Å². The van der Waals surface area contributed by atoms with Crippen LogP contribution in [0.15, 0.2) is 60.7 Å². The van der Waals surface area contributed by atoms with E-state index in [0.717, 1.165) is 38.8 Å². The summed E-state index contributed by atoms with van der Waals surface area (Å²) in [7, 11) is 0. The van der Waals surface area contributed by atoms with Gasteiger partial charge >= 0.3 is 0 Å². The monoisotopic (exact) mass is 586 g/mol. The minimum Gasteiger partial charge on any atom is -0.346 e. The SMILES string of the molecule is CC(c1ccccc1)N1CC(NC(=O)C2NOC(c3ccccc3)C23CCCCCCCC3)(C2CCCCCCC2)CN1. The Labute approximate surface area is 259 Å². The highest BCUT2D eigenvalue weighted by Gasteiger charge is 2.56. The van der Waals surface area contributed by atoms with Crippen LogP contribution in [0.3, 0.4) is 0 Å². The number of hydrogen-bond donors (Lipinski definition) is 3. The largest absolute Gasteiger partial charge is 0.346 e. The molecule has 3 N–H and O–H groups in total. The van der Waals surface area contributed by atoms with Crippen LogP contribution >= 0.6 is 0 Å². The van der Waals surface area contributed by atoms with Gasteiger partial charge in [0.05, 0.1) is 5.54 Å². The lowest BCUT2D eigenvalue weighted by atomic mass is 9.67. The van der Waals surface area contributed by atoms with Crippen LogP contribution in [0.25, 0.3) is 0 Å². The van der Waals surface area contributed by atoms with Gasteiger partial charge in [-0.3, -0.25) is 15.1 Å². The Hall–Kier alpha value is -2.25. The molecule has 1 spiro atoms. The Morgan fingerprint density at radius 2 is 1.42 bits per heavy atom. The fourth-order valence-corrected chi connectivity index (χ4v) is 8.79. The molecule has 4 aliphatic rings. The molecule has 2 heterocycles. The number of rotatable bonds is 6. The zero-order chi connectivity index (χ0) is 29.5. The van der Waals surface area contributed by atoms with E-state index in [1.807, 2.05) is 0 Å². The number of nitrogens with zero attached hydrogens (tertiary/aromatic N) is 1. The van der Waals surface area contributed by atoms with Crippen LogP contribution in [0, 0.1) is 11.3 Å². The van der Waals surface area contributed by atoms with Gasteiger partial charge < -0.3 is 5.32 Å². The smallest absolute Gasteiger partial charge is 0.240 e. The molecule has 43 heavy (non-hydrogen) atoms. The molecule has 4 unspecified atom stereocenters. The van der Waals surface area contributed by atoms with Crippen molar-refractivity contribution < 1.29 is 9.63 Å².